The fourth-order valence-corrected chi connectivity index (χ4v) is 2.37. The predicted octanol–water partition coefficient (Wildman–Crippen LogP) is 4.89. The predicted molar refractivity (Wildman–Crippen MR) is 105 cm³/mol. The minimum atomic E-state index is -1.12. The molecule has 1 amide bonds. The van der Waals surface area contributed by atoms with Crippen molar-refractivity contribution in [3.63, 3.8) is 0 Å². The third-order valence-corrected chi connectivity index (χ3v) is 4.14. The summed E-state index contributed by atoms with van der Waals surface area (Å²) in [7, 11) is 0. The molecule has 0 aromatic heterocycles. The van der Waals surface area contributed by atoms with Crippen LogP contribution in [0.5, 0.6) is 0 Å². The van der Waals surface area contributed by atoms with Crippen LogP contribution in [0.3, 0.4) is 0 Å². The Morgan fingerprint density at radius 1 is 1.07 bits per heavy atom. The number of hydrogen-bond donors (Lipinski definition) is 1. The fraction of sp³-hybridized carbons (Fsp3) is 0.286. The molecular weight excluding hydrogens is 385 g/mol. The Hall–Kier alpha value is -2.73. The Morgan fingerprint density at radius 3 is 2.25 bits per heavy atom. The number of ether oxygens (including phenoxy) is 1. The summed E-state index contributed by atoms with van der Waals surface area (Å²) >= 11 is 5.76. The fourth-order valence-electron chi connectivity index (χ4n) is 2.20. The highest BCUT2D eigenvalue weighted by Gasteiger charge is 2.23. The zero-order chi connectivity index (χ0) is 21.1. The van der Waals surface area contributed by atoms with Gasteiger partial charge in [-0.2, -0.15) is 0 Å². The van der Waals surface area contributed by atoms with Crippen LogP contribution in [0.25, 0.3) is 0 Å². The van der Waals surface area contributed by atoms with Gasteiger partial charge >= 0.3 is 5.97 Å². The number of halogens is 2. The lowest BCUT2D eigenvalue weighted by Gasteiger charge is -2.18. The summed E-state index contributed by atoms with van der Waals surface area (Å²) in [6, 6.07) is 9.71. The molecular formula is C21H21ClFNO4. The number of ketones is 1. The van der Waals surface area contributed by atoms with Crippen LogP contribution in [0.2, 0.25) is 5.02 Å². The Bertz CT molecular complexity index is 904. The van der Waals surface area contributed by atoms with Crippen molar-refractivity contribution < 1.29 is 23.5 Å². The molecule has 28 heavy (non-hydrogen) atoms. The van der Waals surface area contributed by atoms with Crippen molar-refractivity contribution in [2.45, 2.75) is 33.8 Å². The molecule has 1 N–H and O–H groups in total. The summed E-state index contributed by atoms with van der Waals surface area (Å²) in [5.41, 5.74) is -0.0533. The van der Waals surface area contributed by atoms with Crippen LogP contribution in [0.4, 0.5) is 10.1 Å². The third kappa shape index (κ3) is 5.39. The molecule has 0 aliphatic rings. The van der Waals surface area contributed by atoms with Crippen molar-refractivity contribution >= 4 is 34.9 Å². The normalized spacial score (nSPS) is 12.2. The maximum absolute atomic E-state index is 13.7. The summed E-state index contributed by atoms with van der Waals surface area (Å²) in [5, 5.41) is 2.93. The highest BCUT2D eigenvalue weighted by atomic mass is 35.5. The maximum Gasteiger partial charge on any atom is 0.341 e. The Balaban J connectivity index is 2.05. The number of carbonyl (C=O) groups excluding carboxylic acids is 3. The Morgan fingerprint density at radius 2 is 1.68 bits per heavy atom. The molecule has 0 aliphatic carbocycles. The molecule has 0 saturated carbocycles. The quantitative estimate of drug-likeness (QED) is 0.567. The summed E-state index contributed by atoms with van der Waals surface area (Å²) in [4.78, 5) is 36.6. The van der Waals surface area contributed by atoms with Gasteiger partial charge in [0.2, 0.25) is 11.7 Å². The molecule has 7 heteroatoms. The molecule has 0 spiro atoms. The molecule has 5 nitrogen and oxygen atoms in total. The molecule has 0 fully saturated rings. The number of rotatable bonds is 5. The zero-order valence-corrected chi connectivity index (χ0v) is 16.8. The number of nitrogens with one attached hydrogen (secondary N) is 1. The number of benzene rings is 2. The van der Waals surface area contributed by atoms with Crippen LogP contribution in [-0.2, 0) is 9.53 Å². The van der Waals surface area contributed by atoms with E-state index in [1.54, 1.807) is 32.9 Å². The number of Topliss-reactive ketones (excluding diaryl/α,β-unsaturated/α-hetero) is 1. The van der Waals surface area contributed by atoms with Crippen molar-refractivity contribution in [3.05, 3.63) is 64.4 Å². The van der Waals surface area contributed by atoms with Crippen molar-refractivity contribution in [2.24, 2.45) is 5.41 Å². The molecule has 0 aliphatic heterocycles. The minimum absolute atomic E-state index is 0.155. The zero-order valence-electron chi connectivity index (χ0n) is 16.0. The van der Waals surface area contributed by atoms with E-state index in [9.17, 15) is 18.8 Å². The standard InChI is InChI=1S/C21H21ClFNO4/c1-12(28-19(26)16-11-14(22)7-10-17(16)23)18(25)13-5-8-15(9-6-13)24-20(27)21(2,3)4/h5-12H,1-4H3,(H,24,27)/t12-/m0/s1. The summed E-state index contributed by atoms with van der Waals surface area (Å²) < 4.78 is 18.8. The van der Waals surface area contributed by atoms with Gasteiger partial charge in [-0.3, -0.25) is 9.59 Å². The number of amides is 1. The highest BCUT2D eigenvalue weighted by molar-refractivity contribution is 6.30. The van der Waals surface area contributed by atoms with Crippen LogP contribution in [0.1, 0.15) is 48.4 Å². The molecule has 2 aromatic carbocycles. The van der Waals surface area contributed by atoms with Gasteiger partial charge < -0.3 is 10.1 Å². The number of carbonyl (C=O) groups is 3. The lowest BCUT2D eigenvalue weighted by molar-refractivity contribution is -0.123. The Kier molecular flexibility index (Phi) is 6.56. The molecule has 0 radical (unpaired) electrons. The first-order chi connectivity index (χ1) is 13.0. The van der Waals surface area contributed by atoms with Gasteiger partial charge in [0.1, 0.15) is 5.82 Å². The van der Waals surface area contributed by atoms with E-state index < -0.39 is 29.1 Å². The molecule has 0 bridgehead atoms. The van der Waals surface area contributed by atoms with E-state index in [0.717, 1.165) is 12.1 Å². The monoisotopic (exact) mass is 405 g/mol. The summed E-state index contributed by atoms with van der Waals surface area (Å²) in [6.45, 7) is 6.77. The average molecular weight is 406 g/mol. The molecule has 2 aromatic rings. The largest absolute Gasteiger partial charge is 0.451 e. The van der Waals surface area contributed by atoms with E-state index in [-0.39, 0.29) is 16.5 Å². The molecule has 0 unspecified atom stereocenters. The molecule has 0 saturated heterocycles. The van der Waals surface area contributed by atoms with E-state index in [2.05, 4.69) is 5.32 Å². The third-order valence-electron chi connectivity index (χ3n) is 3.91. The lowest BCUT2D eigenvalue weighted by atomic mass is 9.95. The van der Waals surface area contributed by atoms with E-state index in [1.165, 1.54) is 25.1 Å². The topological polar surface area (TPSA) is 72.5 Å². The number of esters is 1. The lowest BCUT2D eigenvalue weighted by Crippen LogP contribution is -2.27. The van der Waals surface area contributed by atoms with Gasteiger partial charge in [-0.1, -0.05) is 32.4 Å². The van der Waals surface area contributed by atoms with Crippen molar-refractivity contribution in [1.29, 1.82) is 0 Å². The van der Waals surface area contributed by atoms with Crippen molar-refractivity contribution in [2.75, 3.05) is 5.32 Å². The molecule has 0 heterocycles. The van der Waals surface area contributed by atoms with E-state index in [1.807, 2.05) is 0 Å². The van der Waals surface area contributed by atoms with Crippen LogP contribution in [-0.4, -0.2) is 23.8 Å². The van der Waals surface area contributed by atoms with Crippen molar-refractivity contribution in [3.8, 4) is 0 Å². The van der Waals surface area contributed by atoms with Gasteiger partial charge in [-0.15, -0.1) is 0 Å². The van der Waals surface area contributed by atoms with Crippen LogP contribution >= 0.6 is 11.6 Å². The molecule has 148 valence electrons. The van der Waals surface area contributed by atoms with Gasteiger partial charge in [0.15, 0.2) is 6.10 Å². The highest BCUT2D eigenvalue weighted by Crippen LogP contribution is 2.20. The van der Waals surface area contributed by atoms with Crippen molar-refractivity contribution in [1.82, 2.24) is 0 Å². The van der Waals surface area contributed by atoms with Gasteiger partial charge in [-0.25, -0.2) is 9.18 Å². The summed E-state index contributed by atoms with van der Waals surface area (Å²) in [5.74, 6) is -2.37. The second-order valence-electron chi connectivity index (χ2n) is 7.32. The number of hydrogen-bond acceptors (Lipinski definition) is 4. The van der Waals surface area contributed by atoms with Crippen LogP contribution < -0.4 is 5.32 Å². The van der Waals surface area contributed by atoms with Gasteiger partial charge in [-0.05, 0) is 49.4 Å². The first-order valence-electron chi connectivity index (χ1n) is 8.61. The Labute approximate surface area is 167 Å². The van der Waals surface area contributed by atoms with Crippen LogP contribution in [0, 0.1) is 11.2 Å². The molecule has 1 atom stereocenters. The molecule has 2 rings (SSSR count). The smallest absolute Gasteiger partial charge is 0.341 e. The average Bonchev–Trinajstić information content (AvgIpc) is 2.62. The van der Waals surface area contributed by atoms with Crippen LogP contribution in [0.15, 0.2) is 42.5 Å². The first-order valence-corrected chi connectivity index (χ1v) is 8.98. The number of anilines is 1. The SMILES string of the molecule is C[C@H](OC(=O)c1cc(Cl)ccc1F)C(=O)c1ccc(NC(=O)C(C)(C)C)cc1. The minimum Gasteiger partial charge on any atom is -0.451 e. The van der Waals surface area contributed by atoms with Gasteiger partial charge in [0, 0.05) is 21.7 Å². The first kappa shape index (κ1) is 21.6. The van der Waals surface area contributed by atoms with Gasteiger partial charge in [0.05, 0.1) is 5.56 Å². The van der Waals surface area contributed by atoms with E-state index >= 15 is 0 Å². The van der Waals surface area contributed by atoms with E-state index in [4.69, 9.17) is 16.3 Å². The van der Waals surface area contributed by atoms with Gasteiger partial charge in [0.25, 0.3) is 0 Å². The second-order valence-corrected chi connectivity index (χ2v) is 7.75. The maximum atomic E-state index is 13.7. The van der Waals surface area contributed by atoms with E-state index in [0.29, 0.717) is 11.3 Å². The summed E-state index contributed by atoms with van der Waals surface area (Å²) in [6.07, 6.45) is -1.12. The second kappa shape index (κ2) is 8.52.